The van der Waals surface area contributed by atoms with E-state index >= 15 is 0 Å². The fourth-order valence-corrected chi connectivity index (χ4v) is 7.04. The van der Waals surface area contributed by atoms with Crippen LogP contribution in [0.5, 0.6) is 0 Å². The Kier molecular flexibility index (Phi) is 23.7. The van der Waals surface area contributed by atoms with Gasteiger partial charge in [0, 0.05) is 0 Å². The molecule has 0 aromatic carbocycles. The van der Waals surface area contributed by atoms with E-state index in [9.17, 15) is 6.15 Å². The normalized spacial score (nSPS) is 13.0. The number of hydrogen-bond donors (Lipinski definition) is 0. The predicted octanol–water partition coefficient (Wildman–Crippen LogP) is 4.81. The molecule has 120 valence electrons. The van der Waals surface area contributed by atoms with Crippen LogP contribution in [0.15, 0.2) is 0 Å². The second-order valence-corrected chi connectivity index (χ2v) is 10.2. The van der Waals surface area contributed by atoms with Crippen molar-refractivity contribution in [1.82, 2.24) is 0 Å². The third-order valence-corrected chi connectivity index (χ3v) is 8.85. The van der Waals surface area contributed by atoms with E-state index in [1.54, 1.807) is 0 Å². The first-order chi connectivity index (χ1) is 9.69. The molecule has 0 aromatic heterocycles. The molecule has 0 N–H and O–H groups in total. The molecule has 0 aliphatic heterocycles. The van der Waals surface area contributed by atoms with E-state index in [2.05, 4.69) is 27.7 Å². The van der Waals surface area contributed by atoms with E-state index in [-0.39, 0.29) is 0 Å². The summed E-state index contributed by atoms with van der Waals surface area (Å²) in [5.74, 6) is 1.58. The van der Waals surface area contributed by atoms with Crippen molar-refractivity contribution in [3.05, 3.63) is 0 Å². The van der Waals surface area contributed by atoms with Crippen LogP contribution < -0.4 is 0 Å². The molecule has 20 heavy (non-hydrogen) atoms. The Morgan fingerprint density at radius 1 is 0.700 bits per heavy atom. The Bertz CT molecular complexity index is 189. The topological polar surface area (TPSA) is 34.1 Å². The summed E-state index contributed by atoms with van der Waals surface area (Å²) in [6.45, 7) is 8.84. The van der Waals surface area contributed by atoms with Gasteiger partial charge in [-0.2, -0.15) is 0 Å². The number of hydrogen-bond acceptors (Lipinski definition) is 2. The third-order valence-electron chi connectivity index (χ3n) is 3.95. The molecule has 0 radical (unpaired) electrons. The van der Waals surface area contributed by atoms with Crippen LogP contribution in [-0.4, -0.2) is 42.3 Å². The van der Waals surface area contributed by atoms with Gasteiger partial charge in [0.25, 0.3) is 0 Å². The molecule has 2 atom stereocenters. The van der Waals surface area contributed by atoms with Crippen molar-refractivity contribution in [2.24, 2.45) is 11.8 Å². The van der Waals surface area contributed by atoms with Gasteiger partial charge < -0.3 is 0 Å². The van der Waals surface area contributed by atoms with Crippen molar-refractivity contribution >= 4 is 42.3 Å². The maximum absolute atomic E-state index is 10.5. The second-order valence-electron chi connectivity index (χ2n) is 5.64. The minimum atomic E-state index is -1.30. The van der Waals surface area contributed by atoms with E-state index in [1.165, 1.54) is 51.4 Å². The molecule has 4 heteroatoms. The van der Waals surface area contributed by atoms with Crippen LogP contribution in [0.3, 0.4) is 0 Å². The van der Waals surface area contributed by atoms with Crippen LogP contribution >= 0.6 is 0 Å². The van der Waals surface area contributed by atoms with E-state index in [1.807, 2.05) is 0 Å². The Hall–Kier alpha value is 1.20. The molecule has 0 fully saturated rings. The number of rotatable bonds is 12. The summed E-state index contributed by atoms with van der Waals surface area (Å²) in [6, 6.07) is 0. The molecule has 0 aliphatic rings. The van der Waals surface area contributed by atoms with Gasteiger partial charge in [-0.3, -0.25) is 0 Å². The first-order valence-corrected chi connectivity index (χ1v) is 15.9. The van der Waals surface area contributed by atoms with Gasteiger partial charge in [-0.15, -0.1) is 0 Å². The molecule has 0 spiro atoms. The van der Waals surface area contributed by atoms with Crippen molar-refractivity contribution in [1.29, 1.82) is 0 Å². The van der Waals surface area contributed by atoms with Crippen molar-refractivity contribution in [3.8, 4) is 0 Å². The van der Waals surface area contributed by atoms with Crippen LogP contribution in [0.1, 0.15) is 79.1 Å². The average Bonchev–Trinajstić information content (AvgIpc) is 2.48. The Balaban J connectivity index is 0. The van der Waals surface area contributed by atoms with E-state index in [0.717, 1.165) is 20.7 Å². The second kappa shape index (κ2) is 20.2. The molecule has 2 unspecified atom stereocenters. The van der Waals surface area contributed by atoms with Gasteiger partial charge in [-0.05, 0) is 0 Å². The van der Waals surface area contributed by atoms with E-state index in [0.29, 0.717) is 0 Å². The van der Waals surface area contributed by atoms with Gasteiger partial charge in [0.1, 0.15) is 0 Å². The average molecular weight is 498 g/mol. The fraction of sp³-hybridized carbons (Fsp3) is 1.00. The zero-order chi connectivity index (χ0) is 15.6. The Morgan fingerprint density at radius 3 is 1.25 bits per heavy atom. The summed E-state index contributed by atoms with van der Waals surface area (Å²) in [7, 11) is 0. The fourth-order valence-electron chi connectivity index (χ4n) is 2.24. The van der Waals surface area contributed by atoms with Crippen LogP contribution in [0, 0.1) is 11.8 Å². The summed E-state index contributed by atoms with van der Waals surface area (Å²) < 4.78 is 23.1. The van der Waals surface area contributed by atoms with Gasteiger partial charge in [-0.1, -0.05) is 0 Å². The van der Waals surface area contributed by atoms with E-state index in [4.69, 9.17) is 0 Å². The summed E-state index contributed by atoms with van der Waals surface area (Å²) in [6.07, 6.45) is 10.3. The SMILES string of the molecule is CCCCC(CC)[CH2][SnH]=[O].CCCCC(CC)[CH2][SnH]=[O]. The quantitative estimate of drug-likeness (QED) is 0.363. The molecule has 0 rings (SSSR count). The molecule has 0 aliphatic carbocycles. The molecule has 0 saturated heterocycles. The van der Waals surface area contributed by atoms with Crippen LogP contribution in [0.25, 0.3) is 0 Å². The van der Waals surface area contributed by atoms with Crippen LogP contribution in [0.4, 0.5) is 0 Å². The van der Waals surface area contributed by atoms with Crippen molar-refractivity contribution in [2.75, 3.05) is 0 Å². The summed E-state index contributed by atoms with van der Waals surface area (Å²) in [5, 5.41) is 0. The summed E-state index contributed by atoms with van der Waals surface area (Å²) in [4.78, 5) is 0. The Labute approximate surface area is 147 Å². The molecule has 0 saturated carbocycles. The van der Waals surface area contributed by atoms with Gasteiger partial charge in [0.15, 0.2) is 0 Å². The predicted molar refractivity (Wildman–Crippen MR) is 91.9 cm³/mol. The van der Waals surface area contributed by atoms with Crippen molar-refractivity contribution in [2.45, 2.75) is 87.9 Å². The van der Waals surface area contributed by atoms with E-state index < -0.39 is 42.3 Å². The standard InChI is InChI=1S/2C8H17.2O.2Sn.2H/c2*1-4-6-7-8(3)5-2;;;;;;/h2*8H,3-7H2,1-2H3;;;;;;. The summed E-state index contributed by atoms with van der Waals surface area (Å²) >= 11 is -2.61. The van der Waals surface area contributed by atoms with Crippen LogP contribution in [-0.2, 0) is 6.15 Å². The van der Waals surface area contributed by atoms with Gasteiger partial charge in [0.2, 0.25) is 0 Å². The summed E-state index contributed by atoms with van der Waals surface area (Å²) in [5.41, 5.74) is 0. The van der Waals surface area contributed by atoms with Gasteiger partial charge in [-0.25, -0.2) is 0 Å². The van der Waals surface area contributed by atoms with Crippen molar-refractivity contribution < 1.29 is 6.15 Å². The third kappa shape index (κ3) is 17.2. The zero-order valence-electron chi connectivity index (χ0n) is 14.2. The molecule has 2 nitrogen and oxygen atoms in total. The molecule has 0 aromatic rings. The van der Waals surface area contributed by atoms with Crippen molar-refractivity contribution in [3.63, 3.8) is 0 Å². The maximum atomic E-state index is 10.5. The first-order valence-electron chi connectivity index (χ1n) is 8.57. The molecule has 0 amide bonds. The zero-order valence-corrected chi connectivity index (χ0v) is 20.8. The Morgan fingerprint density at radius 2 is 1.05 bits per heavy atom. The van der Waals surface area contributed by atoms with Gasteiger partial charge >= 0.3 is 148 Å². The minimum absolute atomic E-state index is 0.790. The van der Waals surface area contributed by atoms with Crippen LogP contribution in [0.2, 0.25) is 8.87 Å². The monoisotopic (exact) mass is 500 g/mol. The molecular formula is C16H36O2Sn2. The van der Waals surface area contributed by atoms with Gasteiger partial charge in [0.05, 0.1) is 0 Å². The first kappa shape index (κ1) is 23.5. The molecular weight excluding hydrogens is 462 g/mol. The molecule has 0 heterocycles. The number of unbranched alkanes of at least 4 members (excludes halogenated alkanes) is 2. The molecule has 0 bridgehead atoms.